The summed E-state index contributed by atoms with van der Waals surface area (Å²) >= 11 is 0. The van der Waals surface area contributed by atoms with Gasteiger partial charge in [0, 0.05) is 37.9 Å². The first kappa shape index (κ1) is 11.8. The maximum Gasteiger partial charge on any atom is 0.222 e. The summed E-state index contributed by atoms with van der Waals surface area (Å²) in [6.45, 7) is 5.44. The van der Waals surface area contributed by atoms with Gasteiger partial charge in [0.15, 0.2) is 0 Å². The van der Waals surface area contributed by atoms with Gasteiger partial charge in [0.05, 0.1) is 0 Å². The van der Waals surface area contributed by atoms with Crippen LogP contribution in [-0.2, 0) is 4.79 Å². The highest BCUT2D eigenvalue weighted by molar-refractivity contribution is 5.76. The lowest BCUT2D eigenvalue weighted by atomic mass is 10.3. The number of carbonyl (C=O) groups excluding carboxylic acids is 1. The fraction of sp³-hybridized carbons (Fsp3) is 0.583. The number of nitrogens with zero attached hydrogens (tertiary/aromatic N) is 3. The molecule has 1 unspecified atom stereocenters. The van der Waals surface area contributed by atoms with Crippen LogP contribution < -0.4 is 5.32 Å². The number of aryl methyl sites for hydroxylation is 1. The molecule has 1 fully saturated rings. The fourth-order valence-electron chi connectivity index (χ4n) is 1.98. The van der Waals surface area contributed by atoms with E-state index in [1.54, 1.807) is 12.4 Å². The minimum absolute atomic E-state index is 0.221. The van der Waals surface area contributed by atoms with Crippen molar-refractivity contribution in [1.82, 2.24) is 14.9 Å². The minimum Gasteiger partial charge on any atom is -0.350 e. The summed E-state index contributed by atoms with van der Waals surface area (Å²) in [7, 11) is 0. The van der Waals surface area contributed by atoms with E-state index < -0.39 is 0 Å². The Morgan fingerprint density at radius 1 is 1.53 bits per heavy atom. The summed E-state index contributed by atoms with van der Waals surface area (Å²) in [5.74, 6) is 0.866. The van der Waals surface area contributed by atoms with Gasteiger partial charge >= 0.3 is 0 Å². The lowest BCUT2D eigenvalue weighted by Gasteiger charge is -2.16. The van der Waals surface area contributed by atoms with Crippen LogP contribution in [0.25, 0.3) is 0 Å². The first-order chi connectivity index (χ1) is 8.19. The summed E-state index contributed by atoms with van der Waals surface area (Å²) < 4.78 is 0. The molecule has 1 amide bonds. The second-order valence-corrected chi connectivity index (χ2v) is 4.41. The van der Waals surface area contributed by atoms with E-state index in [0.29, 0.717) is 12.4 Å². The molecule has 5 nitrogen and oxygen atoms in total. The molecule has 1 aromatic heterocycles. The van der Waals surface area contributed by atoms with Gasteiger partial charge in [-0.05, 0) is 18.9 Å². The highest BCUT2D eigenvalue weighted by Gasteiger charge is 2.25. The Morgan fingerprint density at radius 3 is 2.88 bits per heavy atom. The monoisotopic (exact) mass is 234 g/mol. The Labute approximate surface area is 101 Å². The summed E-state index contributed by atoms with van der Waals surface area (Å²) in [4.78, 5) is 21.8. The van der Waals surface area contributed by atoms with Crippen molar-refractivity contribution in [2.24, 2.45) is 0 Å². The highest BCUT2D eigenvalue weighted by atomic mass is 16.2. The van der Waals surface area contributed by atoms with Crippen molar-refractivity contribution in [2.45, 2.75) is 32.7 Å². The molecule has 5 heteroatoms. The van der Waals surface area contributed by atoms with Gasteiger partial charge in [-0.3, -0.25) is 4.79 Å². The Kier molecular flexibility index (Phi) is 3.56. The standard InChI is InChI=1S/C12H18N4O/c1-3-11(17)16-5-4-10(8-16)15-12-13-6-9(2)7-14-12/h6-7,10H,3-5,8H2,1-2H3,(H,13,14,15). The number of rotatable bonds is 3. The largest absolute Gasteiger partial charge is 0.350 e. The SMILES string of the molecule is CCC(=O)N1CCC(Nc2ncc(C)cn2)C1. The molecule has 1 aromatic rings. The minimum atomic E-state index is 0.221. The van der Waals surface area contributed by atoms with Gasteiger partial charge in [0.25, 0.3) is 0 Å². The topological polar surface area (TPSA) is 58.1 Å². The van der Waals surface area contributed by atoms with Gasteiger partial charge in [-0.15, -0.1) is 0 Å². The number of anilines is 1. The van der Waals surface area contributed by atoms with Gasteiger partial charge < -0.3 is 10.2 Å². The maximum absolute atomic E-state index is 11.5. The molecule has 0 spiro atoms. The molecule has 0 bridgehead atoms. The van der Waals surface area contributed by atoms with Crippen molar-refractivity contribution in [2.75, 3.05) is 18.4 Å². The van der Waals surface area contributed by atoms with Crippen molar-refractivity contribution < 1.29 is 4.79 Å². The lowest BCUT2D eigenvalue weighted by molar-refractivity contribution is -0.129. The first-order valence-corrected chi connectivity index (χ1v) is 6.02. The highest BCUT2D eigenvalue weighted by Crippen LogP contribution is 2.13. The van der Waals surface area contributed by atoms with Crippen molar-refractivity contribution in [3.63, 3.8) is 0 Å². The molecule has 1 N–H and O–H groups in total. The number of hydrogen-bond donors (Lipinski definition) is 1. The van der Waals surface area contributed by atoms with Crippen molar-refractivity contribution in [3.8, 4) is 0 Å². The number of hydrogen-bond acceptors (Lipinski definition) is 4. The van der Waals surface area contributed by atoms with Crippen LogP contribution in [0.2, 0.25) is 0 Å². The third kappa shape index (κ3) is 2.93. The van der Waals surface area contributed by atoms with E-state index in [4.69, 9.17) is 0 Å². The summed E-state index contributed by atoms with van der Waals surface area (Å²) in [6.07, 6.45) is 5.12. The van der Waals surface area contributed by atoms with Gasteiger partial charge in [-0.25, -0.2) is 9.97 Å². The van der Waals surface area contributed by atoms with Crippen molar-refractivity contribution in [1.29, 1.82) is 0 Å². The van der Waals surface area contributed by atoms with Crippen molar-refractivity contribution in [3.05, 3.63) is 18.0 Å². The Bertz CT molecular complexity index is 390. The molecule has 0 saturated carbocycles. The second-order valence-electron chi connectivity index (χ2n) is 4.41. The smallest absolute Gasteiger partial charge is 0.222 e. The van der Waals surface area contributed by atoms with E-state index in [1.165, 1.54) is 0 Å². The maximum atomic E-state index is 11.5. The van der Waals surface area contributed by atoms with E-state index in [9.17, 15) is 4.79 Å². The zero-order chi connectivity index (χ0) is 12.3. The molecular weight excluding hydrogens is 216 g/mol. The lowest BCUT2D eigenvalue weighted by Crippen LogP contribution is -2.31. The van der Waals surface area contributed by atoms with Crippen LogP contribution >= 0.6 is 0 Å². The predicted molar refractivity (Wildman–Crippen MR) is 65.7 cm³/mol. The zero-order valence-electron chi connectivity index (χ0n) is 10.3. The number of nitrogens with one attached hydrogen (secondary N) is 1. The Balaban J connectivity index is 1.89. The Hall–Kier alpha value is -1.65. The molecule has 0 aliphatic carbocycles. The van der Waals surface area contributed by atoms with Crippen LogP contribution in [-0.4, -0.2) is 39.9 Å². The van der Waals surface area contributed by atoms with Crippen LogP contribution in [0.1, 0.15) is 25.3 Å². The number of amides is 1. The van der Waals surface area contributed by atoms with Crippen molar-refractivity contribution >= 4 is 11.9 Å². The molecule has 1 aliphatic heterocycles. The molecule has 1 saturated heterocycles. The molecule has 0 aromatic carbocycles. The van der Waals surface area contributed by atoms with Crippen LogP contribution in [0.4, 0.5) is 5.95 Å². The van der Waals surface area contributed by atoms with E-state index in [2.05, 4.69) is 15.3 Å². The van der Waals surface area contributed by atoms with E-state index in [1.807, 2.05) is 18.7 Å². The first-order valence-electron chi connectivity index (χ1n) is 6.02. The van der Waals surface area contributed by atoms with E-state index in [-0.39, 0.29) is 11.9 Å². The molecule has 1 atom stereocenters. The molecule has 0 radical (unpaired) electrons. The van der Waals surface area contributed by atoms with Gasteiger partial charge in [0.1, 0.15) is 0 Å². The average Bonchev–Trinajstić information content (AvgIpc) is 2.80. The summed E-state index contributed by atoms with van der Waals surface area (Å²) in [6, 6.07) is 0.271. The molecule has 17 heavy (non-hydrogen) atoms. The Morgan fingerprint density at radius 2 is 2.24 bits per heavy atom. The second kappa shape index (κ2) is 5.12. The average molecular weight is 234 g/mol. The van der Waals surface area contributed by atoms with Gasteiger partial charge in [0.2, 0.25) is 11.9 Å². The fourth-order valence-corrected chi connectivity index (χ4v) is 1.98. The number of aromatic nitrogens is 2. The van der Waals surface area contributed by atoms with Gasteiger partial charge in [-0.1, -0.05) is 6.92 Å². The molecular formula is C12H18N4O. The van der Waals surface area contributed by atoms with Crippen LogP contribution in [0, 0.1) is 6.92 Å². The third-order valence-corrected chi connectivity index (χ3v) is 2.96. The van der Waals surface area contributed by atoms with Crippen LogP contribution in [0.15, 0.2) is 12.4 Å². The van der Waals surface area contributed by atoms with E-state index >= 15 is 0 Å². The molecule has 1 aliphatic rings. The zero-order valence-corrected chi connectivity index (χ0v) is 10.3. The molecule has 92 valence electrons. The van der Waals surface area contributed by atoms with Gasteiger partial charge in [-0.2, -0.15) is 0 Å². The van der Waals surface area contributed by atoms with Crippen LogP contribution in [0.3, 0.4) is 0 Å². The summed E-state index contributed by atoms with van der Waals surface area (Å²) in [5.41, 5.74) is 1.05. The quantitative estimate of drug-likeness (QED) is 0.854. The normalized spacial score (nSPS) is 19.4. The molecule has 2 rings (SSSR count). The number of likely N-dealkylation sites (tertiary alicyclic amines) is 1. The number of carbonyl (C=O) groups is 1. The third-order valence-electron chi connectivity index (χ3n) is 2.96. The van der Waals surface area contributed by atoms with Crippen LogP contribution in [0.5, 0.6) is 0 Å². The molecule has 2 heterocycles. The van der Waals surface area contributed by atoms with E-state index in [0.717, 1.165) is 25.1 Å². The summed E-state index contributed by atoms with van der Waals surface area (Å²) in [5, 5.41) is 3.26. The predicted octanol–water partition coefficient (Wildman–Crippen LogP) is 1.21.